The highest BCUT2D eigenvalue weighted by Crippen LogP contribution is 2.38. The lowest BCUT2D eigenvalue weighted by atomic mass is 10.00. The van der Waals surface area contributed by atoms with Crippen LogP contribution in [0.5, 0.6) is 11.5 Å². The largest absolute Gasteiger partial charge is 0.497 e. The van der Waals surface area contributed by atoms with Crippen molar-refractivity contribution in [1.29, 1.82) is 5.26 Å². The zero-order chi connectivity index (χ0) is 18.6. The van der Waals surface area contributed by atoms with E-state index in [1.165, 1.54) is 0 Å². The van der Waals surface area contributed by atoms with Crippen molar-refractivity contribution in [3.8, 4) is 17.6 Å². The van der Waals surface area contributed by atoms with Crippen molar-refractivity contribution < 1.29 is 14.3 Å². The van der Waals surface area contributed by atoms with Crippen LogP contribution in [-0.2, 0) is 4.79 Å². The lowest BCUT2D eigenvalue weighted by Gasteiger charge is -2.28. The Balaban J connectivity index is 1.72. The number of hydrogen-bond acceptors (Lipinski definition) is 5. The normalized spacial score (nSPS) is 22.0. The van der Waals surface area contributed by atoms with E-state index in [-0.39, 0.29) is 11.9 Å². The molecule has 1 aliphatic carbocycles. The Morgan fingerprint density at radius 3 is 2.73 bits per heavy atom. The first-order valence-electron chi connectivity index (χ1n) is 9.29. The van der Waals surface area contributed by atoms with E-state index >= 15 is 0 Å². The van der Waals surface area contributed by atoms with Crippen LogP contribution in [0.2, 0.25) is 0 Å². The minimum Gasteiger partial charge on any atom is -0.497 e. The Morgan fingerprint density at radius 1 is 1.31 bits per heavy atom. The van der Waals surface area contributed by atoms with E-state index in [2.05, 4.69) is 16.3 Å². The van der Waals surface area contributed by atoms with Crippen molar-refractivity contribution in [2.24, 2.45) is 0 Å². The number of methoxy groups -OCH3 is 2. The van der Waals surface area contributed by atoms with Gasteiger partial charge in [0.25, 0.3) is 0 Å². The molecule has 1 amide bonds. The van der Waals surface area contributed by atoms with Gasteiger partial charge in [-0.3, -0.25) is 9.69 Å². The smallest absolute Gasteiger partial charge is 0.235 e. The number of likely N-dealkylation sites (tertiary alicyclic amines) is 1. The van der Waals surface area contributed by atoms with Gasteiger partial charge in [0.2, 0.25) is 5.91 Å². The van der Waals surface area contributed by atoms with Gasteiger partial charge in [0.1, 0.15) is 17.0 Å². The summed E-state index contributed by atoms with van der Waals surface area (Å²) >= 11 is 0. The van der Waals surface area contributed by atoms with Crippen molar-refractivity contribution in [3.05, 3.63) is 23.8 Å². The molecule has 3 rings (SSSR count). The number of carbonyl (C=O) groups excluding carboxylic acids is 1. The third-order valence-corrected chi connectivity index (χ3v) is 5.56. The van der Waals surface area contributed by atoms with E-state index in [0.717, 1.165) is 62.1 Å². The van der Waals surface area contributed by atoms with Crippen LogP contribution >= 0.6 is 0 Å². The zero-order valence-electron chi connectivity index (χ0n) is 15.6. The molecule has 0 radical (unpaired) electrons. The van der Waals surface area contributed by atoms with Gasteiger partial charge in [-0.25, -0.2) is 0 Å². The van der Waals surface area contributed by atoms with E-state index in [0.29, 0.717) is 6.54 Å². The SMILES string of the molecule is COc1ccc(OC)c([C@H]2CCCN2CC(=O)NC2(C#N)CCCC2)c1. The molecule has 2 fully saturated rings. The average Bonchev–Trinajstić information content (AvgIpc) is 3.31. The molecule has 1 saturated carbocycles. The Morgan fingerprint density at radius 2 is 2.08 bits per heavy atom. The highest BCUT2D eigenvalue weighted by atomic mass is 16.5. The molecule has 2 aliphatic rings. The minimum atomic E-state index is -0.667. The number of benzene rings is 1. The molecule has 0 bridgehead atoms. The molecule has 0 unspecified atom stereocenters. The van der Waals surface area contributed by atoms with Gasteiger partial charge in [0.15, 0.2) is 0 Å². The number of nitrogens with zero attached hydrogens (tertiary/aromatic N) is 2. The van der Waals surface area contributed by atoms with Gasteiger partial charge in [-0.15, -0.1) is 0 Å². The van der Waals surface area contributed by atoms with Crippen molar-refractivity contribution in [2.75, 3.05) is 27.3 Å². The predicted molar refractivity (Wildman–Crippen MR) is 98.0 cm³/mol. The van der Waals surface area contributed by atoms with Crippen LogP contribution in [0.25, 0.3) is 0 Å². The van der Waals surface area contributed by atoms with E-state index in [4.69, 9.17) is 9.47 Å². The van der Waals surface area contributed by atoms with Crippen LogP contribution in [0.15, 0.2) is 18.2 Å². The first-order chi connectivity index (χ1) is 12.6. The lowest BCUT2D eigenvalue weighted by molar-refractivity contribution is -0.123. The Kier molecular flexibility index (Phi) is 5.67. The molecule has 1 N–H and O–H groups in total. The number of ether oxygens (including phenoxy) is 2. The number of rotatable bonds is 6. The Hall–Kier alpha value is -2.26. The number of nitrogens with one attached hydrogen (secondary N) is 1. The van der Waals surface area contributed by atoms with Crippen LogP contribution < -0.4 is 14.8 Å². The fourth-order valence-electron chi connectivity index (χ4n) is 4.20. The summed E-state index contributed by atoms with van der Waals surface area (Å²) in [6.07, 6.45) is 5.51. The molecule has 1 aromatic carbocycles. The molecule has 1 saturated heterocycles. The maximum absolute atomic E-state index is 12.6. The second kappa shape index (κ2) is 7.96. The molecule has 1 atom stereocenters. The highest BCUT2D eigenvalue weighted by molar-refractivity contribution is 5.79. The third kappa shape index (κ3) is 3.78. The maximum Gasteiger partial charge on any atom is 0.235 e. The zero-order valence-corrected chi connectivity index (χ0v) is 15.6. The van der Waals surface area contributed by atoms with Gasteiger partial charge in [0.05, 0.1) is 26.8 Å². The van der Waals surface area contributed by atoms with E-state index in [1.807, 2.05) is 18.2 Å². The molecule has 1 aliphatic heterocycles. The third-order valence-electron chi connectivity index (χ3n) is 5.56. The van der Waals surface area contributed by atoms with Crippen molar-refractivity contribution in [1.82, 2.24) is 10.2 Å². The number of hydrogen-bond donors (Lipinski definition) is 1. The van der Waals surface area contributed by atoms with E-state index < -0.39 is 5.54 Å². The number of carbonyl (C=O) groups is 1. The summed E-state index contributed by atoms with van der Waals surface area (Å²) in [7, 11) is 3.31. The number of amides is 1. The molecular formula is C20H27N3O3. The van der Waals surface area contributed by atoms with Gasteiger partial charge in [-0.2, -0.15) is 5.26 Å². The van der Waals surface area contributed by atoms with E-state index in [9.17, 15) is 10.1 Å². The fourth-order valence-corrected chi connectivity index (χ4v) is 4.20. The quantitative estimate of drug-likeness (QED) is 0.847. The second-order valence-corrected chi connectivity index (χ2v) is 7.19. The van der Waals surface area contributed by atoms with Crippen LogP contribution in [-0.4, -0.2) is 43.7 Å². The molecule has 0 spiro atoms. The second-order valence-electron chi connectivity index (χ2n) is 7.19. The first kappa shape index (κ1) is 18.5. The van der Waals surface area contributed by atoms with E-state index in [1.54, 1.807) is 14.2 Å². The summed E-state index contributed by atoms with van der Waals surface area (Å²) in [6, 6.07) is 8.22. The number of nitriles is 1. The summed E-state index contributed by atoms with van der Waals surface area (Å²) < 4.78 is 10.9. The van der Waals surface area contributed by atoms with Crippen LogP contribution in [0, 0.1) is 11.3 Å². The summed E-state index contributed by atoms with van der Waals surface area (Å²) in [6.45, 7) is 1.16. The molecule has 1 heterocycles. The minimum absolute atomic E-state index is 0.0674. The molecule has 140 valence electrons. The van der Waals surface area contributed by atoms with Gasteiger partial charge in [-0.1, -0.05) is 0 Å². The van der Waals surface area contributed by atoms with Crippen molar-refractivity contribution in [2.45, 2.75) is 50.1 Å². The molecular weight excluding hydrogens is 330 g/mol. The average molecular weight is 357 g/mol. The molecule has 6 nitrogen and oxygen atoms in total. The van der Waals surface area contributed by atoms with Crippen LogP contribution in [0.1, 0.15) is 50.1 Å². The van der Waals surface area contributed by atoms with Gasteiger partial charge >= 0.3 is 0 Å². The van der Waals surface area contributed by atoms with Crippen molar-refractivity contribution in [3.63, 3.8) is 0 Å². The first-order valence-corrected chi connectivity index (χ1v) is 9.29. The fraction of sp³-hybridized carbons (Fsp3) is 0.600. The van der Waals surface area contributed by atoms with Crippen molar-refractivity contribution >= 4 is 5.91 Å². The molecule has 6 heteroatoms. The Labute approximate surface area is 155 Å². The molecule has 0 aromatic heterocycles. The molecule has 1 aromatic rings. The van der Waals surface area contributed by atoms with Crippen LogP contribution in [0.4, 0.5) is 0 Å². The predicted octanol–water partition coefficient (Wildman–Crippen LogP) is 2.79. The van der Waals surface area contributed by atoms with Gasteiger partial charge in [0, 0.05) is 11.6 Å². The topological polar surface area (TPSA) is 74.6 Å². The summed E-state index contributed by atoms with van der Waals surface area (Å²) in [5.41, 5.74) is 0.382. The van der Waals surface area contributed by atoms with Crippen LogP contribution in [0.3, 0.4) is 0 Å². The van der Waals surface area contributed by atoms with Gasteiger partial charge < -0.3 is 14.8 Å². The summed E-state index contributed by atoms with van der Waals surface area (Å²) in [4.78, 5) is 14.8. The maximum atomic E-state index is 12.6. The van der Waals surface area contributed by atoms with Gasteiger partial charge in [-0.05, 0) is 63.3 Å². The lowest BCUT2D eigenvalue weighted by Crippen LogP contribution is -2.48. The summed E-state index contributed by atoms with van der Waals surface area (Å²) in [5.74, 6) is 1.53. The highest BCUT2D eigenvalue weighted by Gasteiger charge is 2.37. The Bertz CT molecular complexity index is 692. The molecule has 26 heavy (non-hydrogen) atoms. The summed E-state index contributed by atoms with van der Waals surface area (Å²) in [5, 5.41) is 12.5. The standard InChI is InChI=1S/C20H27N3O3/c1-25-15-7-8-18(26-2)16(12-15)17-6-5-11-23(17)13-19(24)22-20(14-21)9-3-4-10-20/h7-8,12,17H,3-6,9-11,13H2,1-2H3,(H,22,24)/t17-/m1/s1. The monoisotopic (exact) mass is 357 g/mol.